The molecule has 1 N–H and O–H groups in total. The van der Waals surface area contributed by atoms with Crippen LogP contribution in [0.1, 0.15) is 38.1 Å². The molecule has 0 aliphatic carbocycles. The van der Waals surface area contributed by atoms with Gasteiger partial charge >= 0.3 is 0 Å². The second-order valence-corrected chi connectivity index (χ2v) is 9.27. The Bertz CT molecular complexity index is 1120. The van der Waals surface area contributed by atoms with Crippen molar-refractivity contribution in [1.29, 1.82) is 0 Å². The van der Waals surface area contributed by atoms with Gasteiger partial charge in [-0.3, -0.25) is 14.3 Å². The van der Waals surface area contributed by atoms with Crippen LogP contribution in [-0.4, -0.2) is 44.4 Å². The smallest absolute Gasteiger partial charge is 0.234 e. The molecule has 1 aliphatic heterocycles. The Hall–Kier alpha value is -2.49. The van der Waals surface area contributed by atoms with Gasteiger partial charge in [-0.2, -0.15) is 0 Å². The summed E-state index contributed by atoms with van der Waals surface area (Å²) < 4.78 is 29.4. The minimum Gasteiger partial charge on any atom is -0.323 e. The number of rotatable bonds is 7. The van der Waals surface area contributed by atoms with Crippen LogP contribution in [0.25, 0.3) is 5.69 Å². The van der Waals surface area contributed by atoms with Crippen LogP contribution in [0.15, 0.2) is 47.6 Å². The van der Waals surface area contributed by atoms with Gasteiger partial charge in [0, 0.05) is 10.7 Å². The molecule has 6 nitrogen and oxygen atoms in total. The fourth-order valence-corrected chi connectivity index (χ4v) is 4.77. The summed E-state index contributed by atoms with van der Waals surface area (Å²) in [7, 11) is 0. The molecule has 2 aromatic carbocycles. The van der Waals surface area contributed by atoms with Gasteiger partial charge in [0.15, 0.2) is 11.0 Å². The van der Waals surface area contributed by atoms with E-state index in [4.69, 9.17) is 11.6 Å². The van der Waals surface area contributed by atoms with Crippen LogP contribution >= 0.6 is 23.4 Å². The second kappa shape index (κ2) is 10.6. The van der Waals surface area contributed by atoms with Gasteiger partial charge in [-0.25, -0.2) is 8.78 Å². The van der Waals surface area contributed by atoms with E-state index in [0.29, 0.717) is 10.8 Å². The summed E-state index contributed by atoms with van der Waals surface area (Å²) in [6, 6.07) is 10.2. The Morgan fingerprint density at radius 2 is 1.85 bits per heavy atom. The Balaban J connectivity index is 1.55. The van der Waals surface area contributed by atoms with E-state index in [2.05, 4.69) is 27.3 Å². The minimum absolute atomic E-state index is 0.000506. The van der Waals surface area contributed by atoms with Crippen molar-refractivity contribution in [2.75, 3.05) is 24.2 Å². The summed E-state index contributed by atoms with van der Waals surface area (Å²) in [6.45, 7) is 4.05. The molecule has 3 aromatic rings. The maximum absolute atomic E-state index is 14.0. The second-order valence-electron chi connectivity index (χ2n) is 7.89. The number of anilines is 1. The molecule has 10 heteroatoms. The summed E-state index contributed by atoms with van der Waals surface area (Å²) in [5.74, 6) is -0.598. The summed E-state index contributed by atoms with van der Waals surface area (Å²) >= 11 is 6.95. The molecule has 33 heavy (non-hydrogen) atoms. The molecule has 1 unspecified atom stereocenters. The highest BCUT2D eigenvalue weighted by molar-refractivity contribution is 7.99. The van der Waals surface area contributed by atoms with Crippen molar-refractivity contribution in [1.82, 2.24) is 19.7 Å². The van der Waals surface area contributed by atoms with Gasteiger partial charge in [-0.1, -0.05) is 29.8 Å². The number of thioether (sulfide) groups is 1. The summed E-state index contributed by atoms with van der Waals surface area (Å²) in [4.78, 5) is 14.8. The number of likely N-dealkylation sites (tertiary alicyclic amines) is 1. The van der Waals surface area contributed by atoms with Crippen molar-refractivity contribution < 1.29 is 13.6 Å². The predicted molar refractivity (Wildman–Crippen MR) is 126 cm³/mol. The van der Waals surface area contributed by atoms with Gasteiger partial charge in [0.25, 0.3) is 0 Å². The summed E-state index contributed by atoms with van der Waals surface area (Å²) in [5.41, 5.74) is 0.774. The van der Waals surface area contributed by atoms with Gasteiger partial charge in [-0.05, 0) is 75.3 Å². The number of nitrogens with zero attached hydrogens (tertiary/aromatic N) is 4. The van der Waals surface area contributed by atoms with Crippen LogP contribution < -0.4 is 5.32 Å². The maximum Gasteiger partial charge on any atom is 0.234 e. The van der Waals surface area contributed by atoms with Gasteiger partial charge in [0.2, 0.25) is 5.91 Å². The molecule has 4 rings (SSSR count). The quantitative estimate of drug-likeness (QED) is 0.443. The molecule has 2 heterocycles. The third-order valence-corrected chi connectivity index (χ3v) is 6.76. The molecule has 174 valence electrons. The first kappa shape index (κ1) is 23.7. The van der Waals surface area contributed by atoms with E-state index in [0.717, 1.165) is 37.8 Å². The molecule has 0 bridgehead atoms. The number of nitrogens with one attached hydrogen (secondary N) is 1. The number of carbonyl (C=O) groups is 1. The van der Waals surface area contributed by atoms with E-state index in [1.54, 1.807) is 12.1 Å². The lowest BCUT2D eigenvalue weighted by molar-refractivity contribution is -0.113. The highest BCUT2D eigenvalue weighted by Crippen LogP contribution is 2.29. The molecule has 1 aliphatic rings. The summed E-state index contributed by atoms with van der Waals surface area (Å²) in [6.07, 6.45) is 3.49. The lowest BCUT2D eigenvalue weighted by Gasteiger charge is -2.31. The van der Waals surface area contributed by atoms with Crippen molar-refractivity contribution in [3.63, 3.8) is 0 Å². The molecule has 1 atom stereocenters. The fourth-order valence-electron chi connectivity index (χ4n) is 3.85. The number of amides is 1. The van der Waals surface area contributed by atoms with E-state index >= 15 is 0 Å². The van der Waals surface area contributed by atoms with Crippen LogP contribution in [0.4, 0.5) is 14.5 Å². The molecule has 0 saturated carbocycles. The maximum atomic E-state index is 14.0. The predicted octanol–water partition coefficient (Wildman–Crippen LogP) is 5.48. The van der Waals surface area contributed by atoms with Crippen LogP contribution in [-0.2, 0) is 4.79 Å². The molecule has 1 saturated heterocycles. The minimum atomic E-state index is -0.604. The van der Waals surface area contributed by atoms with Crippen molar-refractivity contribution >= 4 is 35.0 Å². The largest absolute Gasteiger partial charge is 0.323 e. The average Bonchev–Trinajstić information content (AvgIpc) is 3.24. The molecule has 0 spiro atoms. The van der Waals surface area contributed by atoms with Crippen LogP contribution in [0.2, 0.25) is 5.02 Å². The summed E-state index contributed by atoms with van der Waals surface area (Å²) in [5, 5.41) is 12.1. The number of piperidine rings is 1. The van der Waals surface area contributed by atoms with E-state index in [1.165, 1.54) is 42.4 Å². The zero-order valence-corrected chi connectivity index (χ0v) is 19.7. The first-order valence-electron chi connectivity index (χ1n) is 10.8. The third kappa shape index (κ3) is 5.72. The van der Waals surface area contributed by atoms with Crippen LogP contribution in [0.3, 0.4) is 0 Å². The van der Waals surface area contributed by atoms with E-state index in [-0.39, 0.29) is 34.2 Å². The molecular formula is C23H24ClF2N5OS. The Labute approximate surface area is 200 Å². The molecular weight excluding hydrogens is 468 g/mol. The van der Waals surface area contributed by atoms with E-state index in [9.17, 15) is 13.6 Å². The Kier molecular flexibility index (Phi) is 7.62. The number of hydrogen-bond acceptors (Lipinski definition) is 5. The molecule has 1 fully saturated rings. The number of carbonyl (C=O) groups excluding carboxylic acids is 1. The SMILES string of the molecule is CC(c1nnc(SCC(=O)Nc2ccc(Cl)cc2F)n1-c1ccc(F)cc1)N1CCCCC1. The number of hydrogen-bond donors (Lipinski definition) is 1. The van der Waals surface area contributed by atoms with Gasteiger partial charge < -0.3 is 5.32 Å². The Morgan fingerprint density at radius 1 is 1.12 bits per heavy atom. The van der Waals surface area contributed by atoms with Crippen molar-refractivity contribution in [3.8, 4) is 5.69 Å². The van der Waals surface area contributed by atoms with Crippen LogP contribution in [0, 0.1) is 11.6 Å². The molecule has 1 amide bonds. The zero-order valence-electron chi connectivity index (χ0n) is 18.1. The van der Waals surface area contributed by atoms with Gasteiger partial charge in [-0.15, -0.1) is 10.2 Å². The topological polar surface area (TPSA) is 63.1 Å². The number of aromatic nitrogens is 3. The van der Waals surface area contributed by atoms with Crippen molar-refractivity contribution in [2.45, 2.75) is 37.4 Å². The standard InChI is InChI=1S/C23H24ClF2N5OS/c1-15(30-11-3-2-4-12-30)22-28-29-23(31(22)18-8-6-17(25)7-9-18)33-14-21(32)27-20-10-5-16(24)13-19(20)26/h5-10,13,15H,2-4,11-12,14H2,1H3,(H,27,32). The first-order valence-corrected chi connectivity index (χ1v) is 12.1. The van der Waals surface area contributed by atoms with Crippen molar-refractivity contribution in [3.05, 3.63) is 64.9 Å². The van der Waals surface area contributed by atoms with E-state index < -0.39 is 5.82 Å². The van der Waals surface area contributed by atoms with Gasteiger partial charge in [0.05, 0.1) is 17.5 Å². The lowest BCUT2D eigenvalue weighted by atomic mass is 10.1. The van der Waals surface area contributed by atoms with E-state index in [1.807, 2.05) is 4.57 Å². The average molecular weight is 492 g/mol. The fraction of sp³-hybridized carbons (Fsp3) is 0.348. The Morgan fingerprint density at radius 3 is 2.55 bits per heavy atom. The molecule has 1 aromatic heterocycles. The lowest BCUT2D eigenvalue weighted by Crippen LogP contribution is -2.33. The highest BCUT2D eigenvalue weighted by atomic mass is 35.5. The van der Waals surface area contributed by atoms with Crippen molar-refractivity contribution in [2.24, 2.45) is 0 Å². The number of halogens is 3. The number of benzene rings is 2. The van der Waals surface area contributed by atoms with Gasteiger partial charge in [0.1, 0.15) is 11.6 Å². The highest BCUT2D eigenvalue weighted by Gasteiger charge is 2.26. The first-order chi connectivity index (χ1) is 15.9. The third-order valence-electron chi connectivity index (χ3n) is 5.59. The zero-order chi connectivity index (χ0) is 23.4. The monoisotopic (exact) mass is 491 g/mol. The molecule has 0 radical (unpaired) electrons. The van der Waals surface area contributed by atoms with Crippen LogP contribution in [0.5, 0.6) is 0 Å². The normalized spacial score (nSPS) is 15.4.